The number of primary amides is 1. The van der Waals surface area contributed by atoms with Gasteiger partial charge < -0.3 is 11.1 Å². The molecule has 16 heavy (non-hydrogen) atoms. The van der Waals surface area contributed by atoms with Crippen LogP contribution in [0, 0.1) is 24.2 Å². The Balaban J connectivity index is 2.74. The summed E-state index contributed by atoms with van der Waals surface area (Å²) in [5.41, 5.74) is 7.67. The fourth-order valence-electron chi connectivity index (χ4n) is 1.25. The van der Waals surface area contributed by atoms with Crippen LogP contribution in [-0.4, -0.2) is 12.5 Å². The van der Waals surface area contributed by atoms with Crippen LogP contribution < -0.4 is 11.1 Å². The molecule has 1 amide bonds. The van der Waals surface area contributed by atoms with Crippen LogP contribution in [0.4, 0.5) is 5.69 Å². The fourth-order valence-corrected chi connectivity index (χ4v) is 1.25. The predicted octanol–water partition coefficient (Wildman–Crippen LogP) is 1.40. The third kappa shape index (κ3) is 2.99. The van der Waals surface area contributed by atoms with E-state index in [1.165, 1.54) is 0 Å². The maximum atomic E-state index is 10.9. The first-order chi connectivity index (χ1) is 7.54. The molecule has 0 radical (unpaired) electrons. The van der Waals surface area contributed by atoms with Gasteiger partial charge in [0.1, 0.15) is 0 Å². The molecule has 84 valence electrons. The molecular formula is C12H15N3O. The largest absolute Gasteiger partial charge is 0.384 e. The smallest absolute Gasteiger partial charge is 0.222 e. The summed E-state index contributed by atoms with van der Waals surface area (Å²) in [7, 11) is 0. The van der Waals surface area contributed by atoms with Gasteiger partial charge in [0.15, 0.2) is 0 Å². The van der Waals surface area contributed by atoms with E-state index in [1.807, 2.05) is 13.0 Å². The number of carbonyl (C=O) groups excluding carboxylic acids is 1. The zero-order valence-corrected chi connectivity index (χ0v) is 9.45. The maximum absolute atomic E-state index is 10.9. The lowest BCUT2D eigenvalue weighted by Gasteiger charge is -2.12. The summed E-state index contributed by atoms with van der Waals surface area (Å²) in [6.07, 6.45) is 0. The summed E-state index contributed by atoms with van der Waals surface area (Å²) in [6, 6.07) is 7.47. The number of nitriles is 1. The molecule has 0 spiro atoms. The highest BCUT2D eigenvalue weighted by Gasteiger charge is 2.08. The van der Waals surface area contributed by atoms with Gasteiger partial charge in [-0.25, -0.2) is 0 Å². The number of nitrogens with two attached hydrogens (primary N) is 1. The molecule has 3 N–H and O–H groups in total. The number of hydrogen-bond donors (Lipinski definition) is 2. The van der Waals surface area contributed by atoms with E-state index in [9.17, 15) is 4.79 Å². The van der Waals surface area contributed by atoms with Crippen molar-refractivity contribution in [1.82, 2.24) is 0 Å². The van der Waals surface area contributed by atoms with Crippen LogP contribution in [0.25, 0.3) is 0 Å². The molecule has 0 aliphatic rings. The Morgan fingerprint density at radius 1 is 1.62 bits per heavy atom. The molecule has 1 unspecified atom stereocenters. The minimum absolute atomic E-state index is 0.231. The molecule has 1 aromatic rings. The van der Waals surface area contributed by atoms with E-state index in [4.69, 9.17) is 11.0 Å². The molecule has 0 bridgehead atoms. The lowest BCUT2D eigenvalue weighted by Crippen LogP contribution is -2.26. The highest BCUT2D eigenvalue weighted by Crippen LogP contribution is 2.16. The highest BCUT2D eigenvalue weighted by atomic mass is 16.1. The second-order valence-corrected chi connectivity index (χ2v) is 3.83. The number of anilines is 1. The van der Waals surface area contributed by atoms with Crippen molar-refractivity contribution in [1.29, 1.82) is 5.26 Å². The summed E-state index contributed by atoms with van der Waals surface area (Å²) >= 11 is 0. The molecule has 0 aliphatic carbocycles. The molecule has 0 saturated heterocycles. The van der Waals surface area contributed by atoms with Gasteiger partial charge in [-0.15, -0.1) is 0 Å². The maximum Gasteiger partial charge on any atom is 0.222 e. The lowest BCUT2D eigenvalue weighted by atomic mass is 10.1. The number of hydrogen-bond acceptors (Lipinski definition) is 3. The van der Waals surface area contributed by atoms with Crippen molar-refractivity contribution in [3.05, 3.63) is 29.3 Å². The SMILES string of the molecule is Cc1ccc(C#N)cc1NCC(C)C(N)=O. The van der Waals surface area contributed by atoms with E-state index in [-0.39, 0.29) is 11.8 Å². The predicted molar refractivity (Wildman–Crippen MR) is 62.7 cm³/mol. The van der Waals surface area contributed by atoms with Gasteiger partial charge in [0.25, 0.3) is 0 Å². The molecule has 0 aromatic heterocycles. The summed E-state index contributed by atoms with van der Waals surface area (Å²) in [4.78, 5) is 10.9. The Bertz CT molecular complexity index is 434. The number of carbonyl (C=O) groups is 1. The number of rotatable bonds is 4. The quantitative estimate of drug-likeness (QED) is 0.800. The average Bonchev–Trinajstić information content (AvgIpc) is 2.27. The van der Waals surface area contributed by atoms with Gasteiger partial charge in [-0.3, -0.25) is 4.79 Å². The van der Waals surface area contributed by atoms with Crippen molar-refractivity contribution in [2.75, 3.05) is 11.9 Å². The zero-order valence-electron chi connectivity index (χ0n) is 9.45. The second kappa shape index (κ2) is 5.17. The Kier molecular flexibility index (Phi) is 3.90. The van der Waals surface area contributed by atoms with Gasteiger partial charge >= 0.3 is 0 Å². The van der Waals surface area contributed by atoms with Gasteiger partial charge in [-0.2, -0.15) is 5.26 Å². The Hall–Kier alpha value is -2.02. The van der Waals surface area contributed by atoms with E-state index < -0.39 is 0 Å². The first kappa shape index (κ1) is 12.1. The Labute approximate surface area is 95.1 Å². The molecule has 1 aromatic carbocycles. The third-order valence-electron chi connectivity index (χ3n) is 2.45. The van der Waals surface area contributed by atoms with Crippen LogP contribution in [0.1, 0.15) is 18.1 Å². The van der Waals surface area contributed by atoms with Crippen LogP contribution in [-0.2, 0) is 4.79 Å². The molecule has 0 fully saturated rings. The molecule has 4 heteroatoms. The van der Waals surface area contributed by atoms with Crippen LogP contribution in [0.15, 0.2) is 18.2 Å². The molecule has 0 heterocycles. The highest BCUT2D eigenvalue weighted by molar-refractivity contribution is 5.77. The van der Waals surface area contributed by atoms with Crippen molar-refractivity contribution >= 4 is 11.6 Å². The topological polar surface area (TPSA) is 78.9 Å². The van der Waals surface area contributed by atoms with Gasteiger partial charge in [0, 0.05) is 12.2 Å². The minimum Gasteiger partial charge on any atom is -0.384 e. The standard InChI is InChI=1S/C12H15N3O/c1-8-3-4-10(6-13)5-11(8)15-7-9(2)12(14)16/h3-5,9,15H,7H2,1-2H3,(H2,14,16). The molecule has 0 aliphatic heterocycles. The van der Waals surface area contributed by atoms with E-state index in [1.54, 1.807) is 19.1 Å². The van der Waals surface area contributed by atoms with E-state index in [0.29, 0.717) is 12.1 Å². The monoisotopic (exact) mass is 217 g/mol. The van der Waals surface area contributed by atoms with Crippen molar-refractivity contribution in [2.24, 2.45) is 11.7 Å². The van der Waals surface area contributed by atoms with Crippen molar-refractivity contribution in [3.8, 4) is 6.07 Å². The Morgan fingerprint density at radius 2 is 2.31 bits per heavy atom. The van der Waals surface area contributed by atoms with Crippen LogP contribution in [0.2, 0.25) is 0 Å². The van der Waals surface area contributed by atoms with Crippen molar-refractivity contribution < 1.29 is 4.79 Å². The fraction of sp³-hybridized carbons (Fsp3) is 0.333. The van der Waals surface area contributed by atoms with Gasteiger partial charge in [0.05, 0.1) is 17.6 Å². The van der Waals surface area contributed by atoms with Gasteiger partial charge in [-0.05, 0) is 24.6 Å². The number of benzene rings is 1. The molecular weight excluding hydrogens is 202 g/mol. The van der Waals surface area contributed by atoms with E-state index in [0.717, 1.165) is 11.3 Å². The molecule has 4 nitrogen and oxygen atoms in total. The summed E-state index contributed by atoms with van der Waals surface area (Å²) in [5.74, 6) is -0.563. The van der Waals surface area contributed by atoms with Crippen LogP contribution in [0.5, 0.6) is 0 Å². The first-order valence-corrected chi connectivity index (χ1v) is 5.08. The number of nitrogens with one attached hydrogen (secondary N) is 1. The zero-order chi connectivity index (χ0) is 12.1. The average molecular weight is 217 g/mol. The van der Waals surface area contributed by atoms with Gasteiger partial charge in [0.2, 0.25) is 5.91 Å². The normalized spacial score (nSPS) is 11.6. The van der Waals surface area contributed by atoms with E-state index >= 15 is 0 Å². The van der Waals surface area contributed by atoms with E-state index in [2.05, 4.69) is 11.4 Å². The summed E-state index contributed by atoms with van der Waals surface area (Å²) in [6.45, 7) is 4.18. The minimum atomic E-state index is -0.332. The summed E-state index contributed by atoms with van der Waals surface area (Å²) in [5, 5.41) is 11.9. The van der Waals surface area contributed by atoms with Gasteiger partial charge in [-0.1, -0.05) is 13.0 Å². The van der Waals surface area contributed by atoms with Crippen LogP contribution in [0.3, 0.4) is 0 Å². The Morgan fingerprint density at radius 3 is 2.88 bits per heavy atom. The summed E-state index contributed by atoms with van der Waals surface area (Å²) < 4.78 is 0. The first-order valence-electron chi connectivity index (χ1n) is 5.08. The molecule has 0 saturated carbocycles. The van der Waals surface area contributed by atoms with Crippen molar-refractivity contribution in [2.45, 2.75) is 13.8 Å². The number of nitrogens with zero attached hydrogens (tertiary/aromatic N) is 1. The van der Waals surface area contributed by atoms with Crippen LogP contribution >= 0.6 is 0 Å². The molecule has 1 atom stereocenters. The van der Waals surface area contributed by atoms with Crippen molar-refractivity contribution in [3.63, 3.8) is 0 Å². The lowest BCUT2D eigenvalue weighted by molar-refractivity contribution is -0.120. The third-order valence-corrected chi connectivity index (χ3v) is 2.45. The number of amides is 1. The molecule has 1 rings (SSSR count). The number of aryl methyl sites for hydroxylation is 1. The second-order valence-electron chi connectivity index (χ2n) is 3.83.